The molecule has 1 aliphatic rings. The van der Waals surface area contributed by atoms with E-state index >= 15 is 0 Å². The third-order valence-corrected chi connectivity index (χ3v) is 2.94. The van der Waals surface area contributed by atoms with Crippen LogP contribution in [0.5, 0.6) is 0 Å². The maximum Gasteiger partial charge on any atom is 0.391 e. The summed E-state index contributed by atoms with van der Waals surface area (Å²) in [4.78, 5) is 0. The quantitative estimate of drug-likeness (QED) is 0.653. The van der Waals surface area contributed by atoms with Crippen LogP contribution in [0, 0.1) is 24.2 Å². The third kappa shape index (κ3) is 2.65. The van der Waals surface area contributed by atoms with Gasteiger partial charge in [-0.1, -0.05) is 5.92 Å². The van der Waals surface area contributed by atoms with Gasteiger partial charge in [-0.2, -0.15) is 13.2 Å². The van der Waals surface area contributed by atoms with E-state index in [-0.39, 0.29) is 24.8 Å². The molecule has 0 radical (unpaired) electrons. The van der Waals surface area contributed by atoms with Crippen LogP contribution in [-0.2, 0) is 0 Å². The predicted octanol–water partition coefficient (Wildman–Crippen LogP) is 2.32. The van der Waals surface area contributed by atoms with Crippen molar-refractivity contribution in [1.29, 1.82) is 0 Å². The van der Waals surface area contributed by atoms with Crippen molar-refractivity contribution >= 4 is 0 Å². The Balaban J connectivity index is 2.43. The molecule has 1 atom stereocenters. The largest absolute Gasteiger partial charge is 0.391 e. The standard InChI is InChI=1S/C10H14F3N/c1-2-9(14)7-3-5-8(6-4-7)10(11,12)13/h1,7-9H,3-6,14H2. The van der Waals surface area contributed by atoms with Gasteiger partial charge in [0.15, 0.2) is 0 Å². The molecule has 0 aliphatic heterocycles. The molecule has 1 unspecified atom stereocenters. The molecule has 80 valence electrons. The van der Waals surface area contributed by atoms with E-state index in [4.69, 9.17) is 12.2 Å². The van der Waals surface area contributed by atoms with Gasteiger partial charge in [0.1, 0.15) is 0 Å². The molecule has 0 aromatic heterocycles. The van der Waals surface area contributed by atoms with Crippen LogP contribution in [0.15, 0.2) is 0 Å². The van der Waals surface area contributed by atoms with Crippen molar-refractivity contribution < 1.29 is 13.2 Å². The lowest BCUT2D eigenvalue weighted by Crippen LogP contribution is -2.35. The molecule has 0 aromatic carbocycles. The molecule has 1 nitrogen and oxygen atoms in total. The lowest BCUT2D eigenvalue weighted by molar-refractivity contribution is -0.184. The second-order valence-corrected chi connectivity index (χ2v) is 3.85. The normalized spacial score (nSPS) is 30.8. The average Bonchev–Trinajstić information content (AvgIpc) is 2.15. The second-order valence-electron chi connectivity index (χ2n) is 3.85. The van der Waals surface area contributed by atoms with Crippen molar-refractivity contribution in [3.05, 3.63) is 0 Å². The van der Waals surface area contributed by atoms with Crippen LogP contribution in [0.2, 0.25) is 0 Å². The summed E-state index contributed by atoms with van der Waals surface area (Å²) in [6.45, 7) is 0. The van der Waals surface area contributed by atoms with Crippen LogP contribution in [0.1, 0.15) is 25.7 Å². The first-order valence-corrected chi connectivity index (χ1v) is 4.73. The van der Waals surface area contributed by atoms with Gasteiger partial charge in [-0.3, -0.25) is 0 Å². The van der Waals surface area contributed by atoms with Gasteiger partial charge in [0.05, 0.1) is 12.0 Å². The molecule has 0 amide bonds. The minimum Gasteiger partial charge on any atom is -0.317 e. The Hall–Kier alpha value is -0.690. The Bertz CT molecular complexity index is 221. The fourth-order valence-corrected chi connectivity index (χ4v) is 1.94. The second kappa shape index (κ2) is 4.22. The molecule has 1 fully saturated rings. The van der Waals surface area contributed by atoms with Gasteiger partial charge in [0.2, 0.25) is 0 Å². The zero-order valence-electron chi connectivity index (χ0n) is 7.85. The van der Waals surface area contributed by atoms with E-state index in [1.54, 1.807) is 0 Å². The van der Waals surface area contributed by atoms with E-state index in [1.807, 2.05) is 0 Å². The Labute approximate surface area is 81.9 Å². The van der Waals surface area contributed by atoms with Gasteiger partial charge < -0.3 is 5.73 Å². The Kier molecular flexibility index (Phi) is 3.43. The summed E-state index contributed by atoms with van der Waals surface area (Å²) in [5.41, 5.74) is 5.58. The molecule has 0 bridgehead atoms. The summed E-state index contributed by atoms with van der Waals surface area (Å²) in [5.74, 6) is 1.30. The SMILES string of the molecule is C#CC(N)C1CCC(C(F)(F)F)CC1. The molecular formula is C10H14F3N. The van der Waals surface area contributed by atoms with Crippen LogP contribution in [0.25, 0.3) is 0 Å². The number of terminal acetylenes is 1. The maximum atomic E-state index is 12.3. The number of halogens is 3. The summed E-state index contributed by atoms with van der Waals surface area (Å²) in [6.07, 6.45) is 2.41. The molecule has 4 heteroatoms. The lowest BCUT2D eigenvalue weighted by atomic mass is 9.78. The van der Waals surface area contributed by atoms with Gasteiger partial charge in [0, 0.05) is 0 Å². The molecule has 0 spiro atoms. The van der Waals surface area contributed by atoms with Crippen LogP contribution >= 0.6 is 0 Å². The fourth-order valence-electron chi connectivity index (χ4n) is 1.94. The van der Waals surface area contributed by atoms with Crippen molar-refractivity contribution in [2.45, 2.75) is 37.9 Å². The third-order valence-electron chi connectivity index (χ3n) is 2.94. The first kappa shape index (κ1) is 11.4. The smallest absolute Gasteiger partial charge is 0.317 e. The summed E-state index contributed by atoms with van der Waals surface area (Å²) in [7, 11) is 0. The van der Waals surface area contributed by atoms with Gasteiger partial charge in [-0.15, -0.1) is 6.42 Å². The van der Waals surface area contributed by atoms with E-state index < -0.39 is 12.1 Å². The van der Waals surface area contributed by atoms with Gasteiger partial charge in [0.25, 0.3) is 0 Å². The highest BCUT2D eigenvalue weighted by Gasteiger charge is 2.41. The van der Waals surface area contributed by atoms with Crippen molar-refractivity contribution in [3.8, 4) is 12.3 Å². The first-order chi connectivity index (χ1) is 6.45. The monoisotopic (exact) mass is 205 g/mol. The fraction of sp³-hybridized carbons (Fsp3) is 0.800. The Morgan fingerprint density at radius 2 is 1.71 bits per heavy atom. The number of rotatable bonds is 1. The topological polar surface area (TPSA) is 26.0 Å². The molecule has 0 aromatic rings. The van der Waals surface area contributed by atoms with Crippen molar-refractivity contribution in [2.24, 2.45) is 17.6 Å². The van der Waals surface area contributed by atoms with E-state index in [9.17, 15) is 13.2 Å². The van der Waals surface area contributed by atoms with E-state index in [1.165, 1.54) is 0 Å². The molecule has 1 saturated carbocycles. The first-order valence-electron chi connectivity index (χ1n) is 4.73. The van der Waals surface area contributed by atoms with Crippen molar-refractivity contribution in [2.75, 3.05) is 0 Å². The van der Waals surface area contributed by atoms with Gasteiger partial charge in [-0.05, 0) is 31.6 Å². The summed E-state index contributed by atoms with van der Waals surface area (Å²) >= 11 is 0. The highest BCUT2D eigenvalue weighted by Crippen LogP contribution is 2.39. The predicted molar refractivity (Wildman–Crippen MR) is 48.3 cm³/mol. The highest BCUT2D eigenvalue weighted by molar-refractivity contribution is 5.01. The average molecular weight is 205 g/mol. The van der Waals surface area contributed by atoms with E-state index in [2.05, 4.69) is 5.92 Å². The summed E-state index contributed by atoms with van der Waals surface area (Å²) in [5, 5.41) is 0. The molecule has 0 heterocycles. The molecule has 2 N–H and O–H groups in total. The van der Waals surface area contributed by atoms with Gasteiger partial charge >= 0.3 is 6.18 Å². The van der Waals surface area contributed by atoms with Crippen LogP contribution in [-0.4, -0.2) is 12.2 Å². The number of hydrogen-bond acceptors (Lipinski definition) is 1. The summed E-state index contributed by atoms with van der Waals surface area (Å²) in [6, 6.07) is -0.385. The lowest BCUT2D eigenvalue weighted by Gasteiger charge is -2.31. The van der Waals surface area contributed by atoms with E-state index in [0.29, 0.717) is 12.8 Å². The minimum atomic E-state index is -4.05. The van der Waals surface area contributed by atoms with Gasteiger partial charge in [-0.25, -0.2) is 0 Å². The maximum absolute atomic E-state index is 12.3. The van der Waals surface area contributed by atoms with E-state index in [0.717, 1.165) is 0 Å². The molecular weight excluding hydrogens is 191 g/mol. The Morgan fingerprint density at radius 1 is 1.21 bits per heavy atom. The van der Waals surface area contributed by atoms with Crippen molar-refractivity contribution in [3.63, 3.8) is 0 Å². The number of alkyl halides is 3. The Morgan fingerprint density at radius 3 is 2.07 bits per heavy atom. The van der Waals surface area contributed by atoms with Crippen LogP contribution in [0.4, 0.5) is 13.2 Å². The van der Waals surface area contributed by atoms with Crippen LogP contribution in [0.3, 0.4) is 0 Å². The molecule has 14 heavy (non-hydrogen) atoms. The zero-order chi connectivity index (χ0) is 10.8. The molecule has 1 aliphatic carbocycles. The highest BCUT2D eigenvalue weighted by atomic mass is 19.4. The molecule has 0 saturated heterocycles. The van der Waals surface area contributed by atoms with Crippen LogP contribution < -0.4 is 5.73 Å². The zero-order valence-corrected chi connectivity index (χ0v) is 7.85. The van der Waals surface area contributed by atoms with Crippen molar-refractivity contribution in [1.82, 2.24) is 0 Å². The number of hydrogen-bond donors (Lipinski definition) is 1. The number of nitrogens with two attached hydrogens (primary N) is 1. The molecule has 1 rings (SSSR count). The minimum absolute atomic E-state index is 0.0681. The summed E-state index contributed by atoms with van der Waals surface area (Å²) < 4.78 is 36.8.